The summed E-state index contributed by atoms with van der Waals surface area (Å²) in [7, 11) is 0. The summed E-state index contributed by atoms with van der Waals surface area (Å²) in [5.74, 6) is 2.77. The molecular weight excluding hydrogens is 1090 g/mol. The summed E-state index contributed by atoms with van der Waals surface area (Å²) in [6.45, 7) is 6.47. The third-order valence-electron chi connectivity index (χ3n) is 17.9. The van der Waals surface area contributed by atoms with E-state index in [1.165, 1.54) is 22.4 Å². The molecule has 1 aliphatic rings. The van der Waals surface area contributed by atoms with Gasteiger partial charge in [-0.25, -0.2) is 15.0 Å². The monoisotopic (exact) mass is 1150 g/mol. The van der Waals surface area contributed by atoms with E-state index in [1.807, 2.05) is 0 Å². The molecule has 1 aliphatic carbocycles. The zero-order chi connectivity index (χ0) is 60.2. The quantitative estimate of drug-likeness (QED) is 0.122. The maximum Gasteiger partial charge on any atom is 0.145 e. The average molecular weight is 1160 g/mol. The van der Waals surface area contributed by atoms with Crippen LogP contribution >= 0.6 is 0 Å². The molecule has 0 saturated heterocycles. The number of aromatic nitrogens is 6. The average Bonchev–Trinajstić information content (AvgIpc) is 1.69. The predicted octanol–water partition coefficient (Wildman–Crippen LogP) is 21.9. The number of aryl methyl sites for hydroxylation is 2. The first kappa shape index (κ1) is 54.0. The minimum atomic E-state index is 0.908. The number of imidazole rings is 3. The molecule has 0 N–H and O–H groups in total. The van der Waals surface area contributed by atoms with Crippen molar-refractivity contribution in [1.29, 1.82) is 0 Å². The highest BCUT2D eigenvalue weighted by Crippen LogP contribution is 2.44. The van der Waals surface area contributed by atoms with Gasteiger partial charge in [-0.05, 0) is 185 Å². The highest BCUT2D eigenvalue weighted by Gasteiger charge is 2.22. The third-order valence-corrected chi connectivity index (χ3v) is 17.9. The summed E-state index contributed by atoms with van der Waals surface area (Å²) in [5.41, 5.74) is 30.2. The number of rotatable bonds is 12. The molecular formula is C84H62N6. The van der Waals surface area contributed by atoms with Crippen LogP contribution in [0.15, 0.2) is 303 Å². The molecule has 0 fully saturated rings. The lowest BCUT2D eigenvalue weighted by Gasteiger charge is -2.18. The molecule has 0 amide bonds. The first-order valence-electron chi connectivity index (χ1n) is 31.0. The molecule has 0 atom stereocenters. The van der Waals surface area contributed by atoms with E-state index < -0.39 is 0 Å². The van der Waals surface area contributed by atoms with E-state index in [4.69, 9.17) is 15.0 Å². The van der Waals surface area contributed by atoms with Crippen LogP contribution in [0.3, 0.4) is 0 Å². The van der Waals surface area contributed by atoms with Gasteiger partial charge in [0, 0.05) is 33.8 Å². The summed E-state index contributed by atoms with van der Waals surface area (Å²) in [6, 6.07) is 103. The molecule has 0 unspecified atom stereocenters. The standard InChI is InChI=1S/C84H62N6/c1-55-28-46-67(47-29-55)88-79-25-13-10-22-76(79)85-82(88)61-40-34-58(35-41-61)70-16-4-7-19-73(70)64-52-65(74-20-8-5-17-71(74)59-36-42-62(43-37-59)83-86-77-23-11-14-26-80(77)89(83)68-48-30-56(2)31-49-68)54-66(53-64)75-21-9-6-18-72(75)60-38-44-63(45-39-60)84-87-78-24-12-15-27-81(78)90(84)69-50-32-57(3)33-51-69/h4-32,34-50,52-54H,33,51H2,1-3H3. The Labute approximate surface area is 524 Å². The fourth-order valence-electron chi connectivity index (χ4n) is 13.2. The normalized spacial score (nSPS) is 12.4. The SMILES string of the molecule is CC1=CC=C(n2c(-c3ccc(-c4ccccc4-c4cc(-c5ccccc5-c5ccc(-c6nc7ccccc7n6-c6ccc(C)cc6)cc5)cc(-c5ccccc5-c5ccc(-c6nc7ccccc7n6-c6ccc(C)cc6)cc5)c4)cc3)nc3ccccc32)CC1. The van der Waals surface area contributed by atoms with Gasteiger partial charge in [-0.1, -0.05) is 229 Å². The highest BCUT2D eigenvalue weighted by molar-refractivity contribution is 5.96. The summed E-state index contributed by atoms with van der Waals surface area (Å²) in [5, 5.41) is 0. The smallest absolute Gasteiger partial charge is 0.145 e. The van der Waals surface area contributed by atoms with Crippen molar-refractivity contribution < 1.29 is 0 Å². The molecule has 6 nitrogen and oxygen atoms in total. The summed E-state index contributed by atoms with van der Waals surface area (Å²) in [4.78, 5) is 15.7. The van der Waals surface area contributed by atoms with Gasteiger partial charge in [0.15, 0.2) is 0 Å². The van der Waals surface area contributed by atoms with Gasteiger partial charge in [-0.2, -0.15) is 0 Å². The Hall–Kier alpha value is -11.5. The molecule has 3 aromatic heterocycles. The van der Waals surface area contributed by atoms with Crippen LogP contribution in [-0.2, 0) is 0 Å². The van der Waals surface area contributed by atoms with Gasteiger partial charge in [-0.15, -0.1) is 0 Å². The molecule has 0 aliphatic heterocycles. The molecule has 428 valence electrons. The van der Waals surface area contributed by atoms with E-state index in [0.29, 0.717) is 0 Å². The molecule has 90 heavy (non-hydrogen) atoms. The second kappa shape index (κ2) is 22.7. The Balaban J connectivity index is 0.817. The lowest BCUT2D eigenvalue weighted by Crippen LogP contribution is -2.03. The van der Waals surface area contributed by atoms with Gasteiger partial charge in [0.25, 0.3) is 0 Å². The van der Waals surface area contributed by atoms with Crippen molar-refractivity contribution in [3.05, 3.63) is 314 Å². The number of hydrogen-bond donors (Lipinski definition) is 0. The van der Waals surface area contributed by atoms with Crippen LogP contribution in [0, 0.1) is 13.8 Å². The van der Waals surface area contributed by atoms with Crippen LogP contribution < -0.4 is 0 Å². The van der Waals surface area contributed by atoms with Crippen molar-refractivity contribution in [2.45, 2.75) is 33.6 Å². The van der Waals surface area contributed by atoms with E-state index in [1.54, 1.807) is 0 Å². The van der Waals surface area contributed by atoms with Crippen molar-refractivity contribution in [3.8, 4) is 112 Å². The summed E-state index contributed by atoms with van der Waals surface area (Å²) < 4.78 is 6.91. The fraction of sp³-hybridized carbons (Fsp3) is 0.0595. The lowest BCUT2D eigenvalue weighted by atomic mass is 9.86. The van der Waals surface area contributed by atoms with Crippen molar-refractivity contribution in [2.24, 2.45) is 0 Å². The molecule has 12 aromatic carbocycles. The molecule has 0 saturated carbocycles. The van der Waals surface area contributed by atoms with Crippen molar-refractivity contribution >= 4 is 38.8 Å². The topological polar surface area (TPSA) is 53.5 Å². The number of hydrogen-bond acceptors (Lipinski definition) is 3. The minimum absolute atomic E-state index is 0.908. The number of allylic oxidation sites excluding steroid dienone is 4. The first-order valence-corrected chi connectivity index (χ1v) is 31.0. The molecule has 0 radical (unpaired) electrons. The molecule has 16 rings (SSSR count). The molecule has 6 heteroatoms. The van der Waals surface area contributed by atoms with Crippen molar-refractivity contribution in [1.82, 2.24) is 28.7 Å². The van der Waals surface area contributed by atoms with E-state index in [2.05, 4.69) is 332 Å². The first-order chi connectivity index (χ1) is 44.3. The number of nitrogens with zero attached hydrogens (tertiary/aromatic N) is 6. The maximum atomic E-state index is 5.26. The van der Waals surface area contributed by atoms with Gasteiger partial charge in [0.2, 0.25) is 0 Å². The lowest BCUT2D eigenvalue weighted by molar-refractivity contribution is 0.915. The zero-order valence-corrected chi connectivity index (χ0v) is 50.4. The molecule has 3 heterocycles. The number of para-hydroxylation sites is 6. The predicted molar refractivity (Wildman–Crippen MR) is 375 cm³/mol. The Morgan fingerprint density at radius 3 is 0.878 bits per heavy atom. The summed E-state index contributed by atoms with van der Waals surface area (Å²) >= 11 is 0. The van der Waals surface area contributed by atoms with Crippen LogP contribution in [0.1, 0.15) is 30.9 Å². The van der Waals surface area contributed by atoms with E-state index in [9.17, 15) is 0 Å². The molecule has 15 aromatic rings. The number of fused-ring (bicyclic) bond motifs is 3. The summed E-state index contributed by atoms with van der Waals surface area (Å²) in [6.07, 6.45) is 6.52. The van der Waals surface area contributed by atoms with E-state index in [0.717, 1.165) is 158 Å². The molecule has 0 spiro atoms. The third kappa shape index (κ3) is 9.85. The van der Waals surface area contributed by atoms with Crippen LogP contribution in [0.2, 0.25) is 0 Å². The van der Waals surface area contributed by atoms with Gasteiger partial charge in [-0.3, -0.25) is 13.7 Å². The van der Waals surface area contributed by atoms with Crippen molar-refractivity contribution in [2.75, 3.05) is 0 Å². The van der Waals surface area contributed by atoms with Gasteiger partial charge in [0.05, 0.1) is 33.1 Å². The Bertz CT molecular complexity index is 5060. The second-order valence-electron chi connectivity index (χ2n) is 23.8. The Morgan fingerprint density at radius 2 is 0.544 bits per heavy atom. The zero-order valence-electron chi connectivity index (χ0n) is 50.4. The maximum absolute atomic E-state index is 5.26. The van der Waals surface area contributed by atoms with Crippen molar-refractivity contribution in [3.63, 3.8) is 0 Å². The highest BCUT2D eigenvalue weighted by atomic mass is 15.1. The van der Waals surface area contributed by atoms with Gasteiger partial charge < -0.3 is 0 Å². The Morgan fingerprint density at radius 1 is 0.256 bits per heavy atom. The van der Waals surface area contributed by atoms with Crippen LogP contribution in [0.5, 0.6) is 0 Å². The van der Waals surface area contributed by atoms with E-state index >= 15 is 0 Å². The van der Waals surface area contributed by atoms with Gasteiger partial charge >= 0.3 is 0 Å². The van der Waals surface area contributed by atoms with Gasteiger partial charge in [0.1, 0.15) is 17.5 Å². The fourth-order valence-corrected chi connectivity index (χ4v) is 13.2. The largest absolute Gasteiger partial charge is 0.296 e. The van der Waals surface area contributed by atoms with Crippen LogP contribution in [0.25, 0.3) is 151 Å². The van der Waals surface area contributed by atoms with Crippen LogP contribution in [-0.4, -0.2) is 28.7 Å². The minimum Gasteiger partial charge on any atom is -0.296 e. The van der Waals surface area contributed by atoms with E-state index in [-0.39, 0.29) is 0 Å². The number of benzene rings is 12. The van der Waals surface area contributed by atoms with Crippen LogP contribution in [0.4, 0.5) is 0 Å². The Kier molecular flexibility index (Phi) is 13.6. The second-order valence-corrected chi connectivity index (χ2v) is 23.8. The molecule has 0 bridgehead atoms.